The lowest BCUT2D eigenvalue weighted by Crippen LogP contribution is -2.36. The first kappa shape index (κ1) is 22.8. The summed E-state index contributed by atoms with van der Waals surface area (Å²) in [7, 11) is -0.00199. The zero-order chi connectivity index (χ0) is 20.8. The van der Waals surface area contributed by atoms with E-state index < -0.39 is 28.5 Å². The third-order valence-corrected chi connectivity index (χ3v) is 4.44. The summed E-state index contributed by atoms with van der Waals surface area (Å²) in [5, 5.41) is 9.15. The summed E-state index contributed by atoms with van der Waals surface area (Å²) in [6, 6.07) is 4.41. The van der Waals surface area contributed by atoms with Gasteiger partial charge in [0.2, 0.25) is 0 Å². The third-order valence-electron chi connectivity index (χ3n) is 3.43. The molecule has 0 saturated carbocycles. The van der Waals surface area contributed by atoms with E-state index in [0.29, 0.717) is 12.0 Å². The first-order valence-corrected chi connectivity index (χ1v) is 9.80. The van der Waals surface area contributed by atoms with Gasteiger partial charge >= 0.3 is 5.97 Å². The standard InChI is InChI=1S/C18H26N2O6S/c1-18(2,3)26-16(23)11-19(4)17(24)15-10-14(7-6-13(15)12-22)20(8-9-21)27(5)25/h6-7,10,12,21H,8-9,11H2,1-5H3. The number of aldehydes is 1. The second kappa shape index (κ2) is 9.61. The number of carbonyl (C=O) groups is 3. The van der Waals surface area contributed by atoms with Gasteiger partial charge in [0.05, 0.1) is 24.4 Å². The number of hydrogen-bond donors (Lipinski definition) is 1. The largest absolute Gasteiger partial charge is 0.459 e. The van der Waals surface area contributed by atoms with Gasteiger partial charge in [0, 0.05) is 18.9 Å². The molecule has 0 radical (unpaired) electrons. The fraction of sp³-hybridized carbons (Fsp3) is 0.500. The molecule has 0 aliphatic heterocycles. The first-order valence-electron chi connectivity index (χ1n) is 8.28. The number of aliphatic hydroxyl groups is 1. The molecule has 1 rings (SSSR count). The number of likely N-dealkylation sites (N-methyl/N-ethyl adjacent to an activating group) is 1. The summed E-state index contributed by atoms with van der Waals surface area (Å²) in [6.45, 7) is 4.77. The number of rotatable bonds is 8. The van der Waals surface area contributed by atoms with Crippen LogP contribution in [0.5, 0.6) is 0 Å². The van der Waals surface area contributed by atoms with Crippen molar-refractivity contribution in [1.29, 1.82) is 0 Å². The van der Waals surface area contributed by atoms with Gasteiger partial charge in [-0.25, -0.2) is 4.21 Å². The number of amides is 1. The molecule has 0 bridgehead atoms. The van der Waals surface area contributed by atoms with Crippen LogP contribution < -0.4 is 4.31 Å². The van der Waals surface area contributed by atoms with Crippen LogP contribution in [0.15, 0.2) is 18.2 Å². The Morgan fingerprint density at radius 3 is 2.41 bits per heavy atom. The minimum Gasteiger partial charge on any atom is -0.459 e. The summed E-state index contributed by atoms with van der Waals surface area (Å²) in [6.07, 6.45) is 1.98. The molecular weight excluding hydrogens is 372 g/mol. The van der Waals surface area contributed by atoms with Crippen molar-refractivity contribution in [2.75, 3.05) is 37.3 Å². The summed E-state index contributed by atoms with van der Waals surface area (Å²) >= 11 is 0. The highest BCUT2D eigenvalue weighted by atomic mass is 32.2. The van der Waals surface area contributed by atoms with Crippen LogP contribution in [0, 0.1) is 0 Å². The maximum atomic E-state index is 12.7. The van der Waals surface area contributed by atoms with Crippen LogP contribution in [-0.2, 0) is 20.5 Å². The molecule has 1 aromatic rings. The van der Waals surface area contributed by atoms with Crippen LogP contribution in [0.2, 0.25) is 0 Å². The van der Waals surface area contributed by atoms with Crippen molar-refractivity contribution in [2.45, 2.75) is 26.4 Å². The Balaban J connectivity index is 3.13. The fourth-order valence-electron chi connectivity index (χ4n) is 2.33. The Morgan fingerprint density at radius 1 is 1.30 bits per heavy atom. The smallest absolute Gasteiger partial charge is 0.326 e. The molecule has 0 aromatic heterocycles. The van der Waals surface area contributed by atoms with Gasteiger partial charge in [0.15, 0.2) is 6.29 Å². The minimum absolute atomic E-state index is 0.0712. The molecule has 0 heterocycles. The summed E-state index contributed by atoms with van der Waals surface area (Å²) in [4.78, 5) is 37.2. The summed E-state index contributed by atoms with van der Waals surface area (Å²) in [5.74, 6) is -1.12. The van der Waals surface area contributed by atoms with Crippen LogP contribution in [0.3, 0.4) is 0 Å². The van der Waals surface area contributed by atoms with E-state index in [4.69, 9.17) is 9.84 Å². The highest BCUT2D eigenvalue weighted by molar-refractivity contribution is 7.85. The van der Waals surface area contributed by atoms with Gasteiger partial charge in [-0.05, 0) is 39.0 Å². The molecule has 9 heteroatoms. The van der Waals surface area contributed by atoms with Crippen LogP contribution in [0.25, 0.3) is 0 Å². The molecule has 0 aliphatic rings. The number of benzene rings is 1. The van der Waals surface area contributed by atoms with Crippen molar-refractivity contribution in [2.24, 2.45) is 0 Å². The molecule has 1 atom stereocenters. The van der Waals surface area contributed by atoms with Gasteiger partial charge in [-0.3, -0.25) is 18.7 Å². The number of esters is 1. The maximum absolute atomic E-state index is 12.7. The van der Waals surface area contributed by atoms with Crippen LogP contribution in [0.1, 0.15) is 41.5 Å². The maximum Gasteiger partial charge on any atom is 0.326 e. The van der Waals surface area contributed by atoms with Crippen molar-refractivity contribution < 1.29 is 28.4 Å². The van der Waals surface area contributed by atoms with Crippen molar-refractivity contribution in [3.63, 3.8) is 0 Å². The lowest BCUT2D eigenvalue weighted by Gasteiger charge is -2.24. The monoisotopic (exact) mass is 398 g/mol. The number of ether oxygens (including phenoxy) is 1. The third kappa shape index (κ3) is 6.76. The number of anilines is 1. The highest BCUT2D eigenvalue weighted by Gasteiger charge is 2.23. The molecule has 0 aliphatic carbocycles. The van der Waals surface area contributed by atoms with E-state index in [0.717, 1.165) is 4.90 Å². The minimum atomic E-state index is -1.43. The van der Waals surface area contributed by atoms with Crippen LogP contribution >= 0.6 is 0 Å². The van der Waals surface area contributed by atoms with Gasteiger partial charge in [0.25, 0.3) is 5.91 Å². The molecule has 150 valence electrons. The predicted octanol–water partition coefficient (Wildman–Crippen LogP) is 1.00. The lowest BCUT2D eigenvalue weighted by atomic mass is 10.1. The lowest BCUT2D eigenvalue weighted by molar-refractivity contribution is -0.155. The van der Waals surface area contributed by atoms with E-state index in [1.165, 1.54) is 29.7 Å². The molecule has 1 amide bonds. The predicted molar refractivity (Wildman–Crippen MR) is 103 cm³/mol. The molecule has 0 saturated heterocycles. The Bertz CT molecular complexity index is 729. The topological polar surface area (TPSA) is 104 Å². The van der Waals surface area contributed by atoms with Gasteiger partial charge in [0.1, 0.15) is 23.1 Å². The van der Waals surface area contributed by atoms with Crippen LogP contribution in [-0.4, -0.2) is 71.0 Å². The van der Waals surface area contributed by atoms with Crippen molar-refractivity contribution >= 4 is 34.8 Å². The van der Waals surface area contributed by atoms with E-state index in [2.05, 4.69) is 0 Å². The molecule has 8 nitrogen and oxygen atoms in total. The zero-order valence-electron chi connectivity index (χ0n) is 16.2. The zero-order valence-corrected chi connectivity index (χ0v) is 17.0. The molecule has 0 fully saturated rings. The average molecular weight is 398 g/mol. The molecular formula is C18H26N2O6S. The van der Waals surface area contributed by atoms with Crippen LogP contribution in [0.4, 0.5) is 5.69 Å². The number of aliphatic hydroxyl groups excluding tert-OH is 1. The van der Waals surface area contributed by atoms with Gasteiger partial charge in [-0.15, -0.1) is 0 Å². The number of hydrogen-bond acceptors (Lipinski definition) is 6. The first-order chi connectivity index (χ1) is 12.5. The number of carbonyl (C=O) groups excluding carboxylic acids is 3. The molecule has 1 N–H and O–H groups in total. The molecule has 1 aromatic carbocycles. The fourth-order valence-corrected chi connectivity index (χ4v) is 3.08. The summed E-state index contributed by atoms with van der Waals surface area (Å²) < 4.78 is 18.5. The van der Waals surface area contributed by atoms with E-state index >= 15 is 0 Å². The average Bonchev–Trinajstić information content (AvgIpc) is 2.56. The van der Waals surface area contributed by atoms with Crippen molar-refractivity contribution in [3.8, 4) is 0 Å². The van der Waals surface area contributed by atoms with Crippen molar-refractivity contribution in [1.82, 2.24) is 4.90 Å². The van der Waals surface area contributed by atoms with Gasteiger partial charge in [-0.2, -0.15) is 0 Å². The van der Waals surface area contributed by atoms with E-state index in [1.54, 1.807) is 26.8 Å². The normalized spacial score (nSPS) is 12.2. The molecule has 0 spiro atoms. The molecule has 27 heavy (non-hydrogen) atoms. The Morgan fingerprint density at radius 2 is 1.93 bits per heavy atom. The summed E-state index contributed by atoms with van der Waals surface area (Å²) in [5.41, 5.74) is -0.0396. The SMILES string of the molecule is CN(CC(=O)OC(C)(C)C)C(=O)c1cc(N(CCO)S(C)=O)ccc1C=O. The van der Waals surface area contributed by atoms with E-state index in [-0.39, 0.29) is 30.8 Å². The van der Waals surface area contributed by atoms with Crippen molar-refractivity contribution in [3.05, 3.63) is 29.3 Å². The van der Waals surface area contributed by atoms with Gasteiger partial charge < -0.3 is 14.7 Å². The number of nitrogens with zero attached hydrogens (tertiary/aromatic N) is 2. The Kier molecular flexibility index (Phi) is 8.11. The molecule has 1 unspecified atom stereocenters. The quantitative estimate of drug-likeness (QED) is 0.518. The Labute approximate surface area is 161 Å². The second-order valence-corrected chi connectivity index (χ2v) is 8.17. The van der Waals surface area contributed by atoms with E-state index in [9.17, 15) is 18.6 Å². The van der Waals surface area contributed by atoms with E-state index in [1.807, 2.05) is 0 Å². The highest BCUT2D eigenvalue weighted by Crippen LogP contribution is 2.21. The second-order valence-electron chi connectivity index (χ2n) is 6.89. The Hall–Kier alpha value is -2.26. The van der Waals surface area contributed by atoms with Gasteiger partial charge in [-0.1, -0.05) is 0 Å².